The number of hydrogen-bond acceptors (Lipinski definition) is 3. The zero-order valence-electron chi connectivity index (χ0n) is 14.0. The van der Waals surface area contributed by atoms with E-state index < -0.39 is 0 Å². The predicted molar refractivity (Wildman–Crippen MR) is 98.7 cm³/mol. The van der Waals surface area contributed by atoms with Crippen LogP contribution in [0.25, 0.3) is 0 Å². The number of nitrogens with one attached hydrogen (secondary N) is 1. The van der Waals surface area contributed by atoms with Crippen molar-refractivity contribution >= 4 is 21.8 Å². The van der Waals surface area contributed by atoms with E-state index in [1.165, 1.54) is 0 Å². The quantitative estimate of drug-likeness (QED) is 0.670. The number of carbonyl (C=O) groups is 1. The van der Waals surface area contributed by atoms with Crippen molar-refractivity contribution in [3.63, 3.8) is 0 Å². The Morgan fingerprint density at radius 3 is 2.67 bits per heavy atom. The third-order valence-electron chi connectivity index (χ3n) is 3.56. The molecule has 1 N–H and O–H groups in total. The first kappa shape index (κ1) is 18.3. The highest BCUT2D eigenvalue weighted by Crippen LogP contribution is 2.28. The molecule has 2 rings (SSSR count). The van der Waals surface area contributed by atoms with E-state index in [9.17, 15) is 4.79 Å². The van der Waals surface area contributed by atoms with Crippen LogP contribution in [0.2, 0.25) is 0 Å². The van der Waals surface area contributed by atoms with E-state index in [0.717, 1.165) is 28.6 Å². The third-order valence-corrected chi connectivity index (χ3v) is 4.25. The van der Waals surface area contributed by atoms with E-state index in [1.54, 1.807) is 13.2 Å². The first-order chi connectivity index (χ1) is 11.7. The first-order valence-electron chi connectivity index (χ1n) is 7.98. The van der Waals surface area contributed by atoms with E-state index in [-0.39, 0.29) is 5.91 Å². The van der Waals surface area contributed by atoms with Crippen LogP contribution >= 0.6 is 15.9 Å². The maximum atomic E-state index is 12.2. The van der Waals surface area contributed by atoms with Crippen LogP contribution in [0.1, 0.15) is 35.7 Å². The molecule has 0 atom stereocenters. The van der Waals surface area contributed by atoms with Crippen molar-refractivity contribution in [2.45, 2.75) is 26.3 Å². The number of methoxy groups -OCH3 is 1. The molecule has 5 heteroatoms. The fourth-order valence-corrected chi connectivity index (χ4v) is 2.66. The van der Waals surface area contributed by atoms with Crippen molar-refractivity contribution in [2.24, 2.45) is 0 Å². The van der Waals surface area contributed by atoms with Gasteiger partial charge in [0.25, 0.3) is 5.91 Å². The lowest BCUT2D eigenvalue weighted by molar-refractivity contribution is 0.0950. The number of carbonyl (C=O) groups excluding carboxylic acids is 1. The van der Waals surface area contributed by atoms with Crippen LogP contribution < -0.4 is 14.8 Å². The molecule has 4 nitrogen and oxygen atoms in total. The summed E-state index contributed by atoms with van der Waals surface area (Å²) in [5, 5.41) is 2.91. The number of ether oxygens (including phenoxy) is 2. The van der Waals surface area contributed by atoms with Gasteiger partial charge >= 0.3 is 0 Å². The van der Waals surface area contributed by atoms with Gasteiger partial charge in [-0.1, -0.05) is 31.5 Å². The molecular formula is C19H22BrNO3. The Morgan fingerprint density at radius 2 is 1.96 bits per heavy atom. The SMILES string of the molecule is CCCCOc1ccc(CNC(=O)c2ccccc2Br)cc1OC. The van der Waals surface area contributed by atoms with Gasteiger partial charge in [0, 0.05) is 11.0 Å². The second kappa shape index (κ2) is 9.33. The molecule has 24 heavy (non-hydrogen) atoms. The van der Waals surface area contributed by atoms with Crippen LogP contribution in [-0.2, 0) is 6.54 Å². The summed E-state index contributed by atoms with van der Waals surface area (Å²) in [6.45, 7) is 3.22. The molecule has 0 aliphatic rings. The molecule has 0 aromatic heterocycles. The minimum atomic E-state index is -0.121. The number of hydrogen-bond donors (Lipinski definition) is 1. The van der Waals surface area contributed by atoms with Crippen molar-refractivity contribution in [3.05, 3.63) is 58.1 Å². The maximum Gasteiger partial charge on any atom is 0.252 e. The Bertz CT molecular complexity index is 688. The van der Waals surface area contributed by atoms with Crippen LogP contribution in [-0.4, -0.2) is 19.6 Å². The molecule has 0 unspecified atom stereocenters. The summed E-state index contributed by atoms with van der Waals surface area (Å²) in [4.78, 5) is 12.2. The Labute approximate surface area is 151 Å². The summed E-state index contributed by atoms with van der Waals surface area (Å²) < 4.78 is 11.9. The smallest absolute Gasteiger partial charge is 0.252 e. The number of rotatable bonds is 8. The van der Waals surface area contributed by atoms with Gasteiger partial charge in [0.15, 0.2) is 11.5 Å². The number of unbranched alkanes of at least 4 members (excludes halogenated alkanes) is 1. The molecule has 0 bridgehead atoms. The van der Waals surface area contributed by atoms with Crippen LogP contribution in [0.3, 0.4) is 0 Å². The van der Waals surface area contributed by atoms with Crippen molar-refractivity contribution in [3.8, 4) is 11.5 Å². The van der Waals surface area contributed by atoms with Gasteiger partial charge in [-0.05, 0) is 52.2 Å². The topological polar surface area (TPSA) is 47.6 Å². The van der Waals surface area contributed by atoms with Crippen LogP contribution in [0, 0.1) is 0 Å². The standard InChI is InChI=1S/C19H22BrNO3/c1-3-4-11-24-17-10-9-14(12-18(17)23-2)13-21-19(22)15-7-5-6-8-16(15)20/h5-10,12H,3-4,11,13H2,1-2H3,(H,21,22). The summed E-state index contributed by atoms with van der Waals surface area (Å²) in [6, 6.07) is 13.1. The Balaban J connectivity index is 2.00. The maximum absolute atomic E-state index is 12.2. The first-order valence-corrected chi connectivity index (χ1v) is 8.77. The van der Waals surface area contributed by atoms with Crippen LogP contribution in [0.15, 0.2) is 46.9 Å². The summed E-state index contributed by atoms with van der Waals surface area (Å²) in [5.41, 5.74) is 1.57. The van der Waals surface area contributed by atoms with Gasteiger partial charge in [0.05, 0.1) is 19.3 Å². The molecule has 0 spiro atoms. The van der Waals surface area contributed by atoms with E-state index in [2.05, 4.69) is 28.2 Å². The zero-order chi connectivity index (χ0) is 17.4. The zero-order valence-corrected chi connectivity index (χ0v) is 15.6. The molecule has 128 valence electrons. The Morgan fingerprint density at radius 1 is 1.17 bits per heavy atom. The average Bonchev–Trinajstić information content (AvgIpc) is 2.61. The van der Waals surface area contributed by atoms with Gasteiger partial charge in [-0.2, -0.15) is 0 Å². The molecule has 2 aromatic carbocycles. The molecule has 0 saturated carbocycles. The summed E-state index contributed by atoms with van der Waals surface area (Å²) in [7, 11) is 1.62. The predicted octanol–water partition coefficient (Wildman–Crippen LogP) is 4.57. The van der Waals surface area contributed by atoms with Gasteiger partial charge in [-0.3, -0.25) is 4.79 Å². The lowest BCUT2D eigenvalue weighted by atomic mass is 10.1. The lowest BCUT2D eigenvalue weighted by Gasteiger charge is -2.12. The second-order valence-corrected chi connectivity index (χ2v) is 6.20. The average molecular weight is 392 g/mol. The van der Waals surface area contributed by atoms with Crippen molar-refractivity contribution in [2.75, 3.05) is 13.7 Å². The minimum absolute atomic E-state index is 0.121. The molecule has 0 radical (unpaired) electrons. The molecular weight excluding hydrogens is 370 g/mol. The van der Waals surface area contributed by atoms with Crippen LogP contribution in [0.4, 0.5) is 0 Å². The number of halogens is 1. The molecule has 0 saturated heterocycles. The largest absolute Gasteiger partial charge is 0.493 e. The van der Waals surface area contributed by atoms with Gasteiger partial charge in [0.1, 0.15) is 0 Å². The highest BCUT2D eigenvalue weighted by Gasteiger charge is 2.10. The third kappa shape index (κ3) is 4.99. The normalized spacial score (nSPS) is 10.3. The Kier molecular flexibility index (Phi) is 7.12. The fraction of sp³-hybridized carbons (Fsp3) is 0.316. The summed E-state index contributed by atoms with van der Waals surface area (Å²) in [5.74, 6) is 1.29. The second-order valence-electron chi connectivity index (χ2n) is 5.35. The fourth-order valence-electron chi connectivity index (χ4n) is 2.19. The van der Waals surface area contributed by atoms with Crippen LogP contribution in [0.5, 0.6) is 11.5 Å². The minimum Gasteiger partial charge on any atom is -0.493 e. The van der Waals surface area contributed by atoms with E-state index in [4.69, 9.17) is 9.47 Å². The molecule has 0 aliphatic carbocycles. The summed E-state index contributed by atoms with van der Waals surface area (Å²) in [6.07, 6.45) is 2.09. The molecule has 2 aromatic rings. The Hall–Kier alpha value is -2.01. The molecule has 1 amide bonds. The lowest BCUT2D eigenvalue weighted by Crippen LogP contribution is -2.23. The number of benzene rings is 2. The monoisotopic (exact) mass is 391 g/mol. The van der Waals surface area contributed by atoms with E-state index in [1.807, 2.05) is 36.4 Å². The van der Waals surface area contributed by atoms with E-state index in [0.29, 0.717) is 24.5 Å². The van der Waals surface area contributed by atoms with Gasteiger partial charge in [0.2, 0.25) is 0 Å². The van der Waals surface area contributed by atoms with Gasteiger partial charge < -0.3 is 14.8 Å². The van der Waals surface area contributed by atoms with Gasteiger partial charge in [-0.25, -0.2) is 0 Å². The van der Waals surface area contributed by atoms with Crippen molar-refractivity contribution in [1.82, 2.24) is 5.32 Å². The van der Waals surface area contributed by atoms with Crippen molar-refractivity contribution in [1.29, 1.82) is 0 Å². The highest BCUT2D eigenvalue weighted by molar-refractivity contribution is 9.10. The molecule has 0 fully saturated rings. The number of amides is 1. The molecule has 0 aliphatic heterocycles. The van der Waals surface area contributed by atoms with E-state index >= 15 is 0 Å². The van der Waals surface area contributed by atoms with Crippen molar-refractivity contribution < 1.29 is 14.3 Å². The molecule has 0 heterocycles. The highest BCUT2D eigenvalue weighted by atomic mass is 79.9. The summed E-state index contributed by atoms with van der Waals surface area (Å²) >= 11 is 3.39. The van der Waals surface area contributed by atoms with Gasteiger partial charge in [-0.15, -0.1) is 0 Å².